The number of carboxylic acid groups (broad SMARTS) is 1. The number of aliphatic hydroxyl groups excluding tert-OH is 1. The van der Waals surface area contributed by atoms with Crippen LogP contribution in [0.3, 0.4) is 0 Å². The average Bonchev–Trinajstić information content (AvgIpc) is 3.19. The largest absolute Gasteiger partial charge is 0.480 e. The molecule has 8 N–H and O–H groups in total. The van der Waals surface area contributed by atoms with E-state index in [9.17, 15) is 29.4 Å². The number of hydrogen-bond acceptors (Lipinski definition) is 7. The zero-order valence-electron chi connectivity index (χ0n) is 18.5. The van der Waals surface area contributed by atoms with E-state index >= 15 is 0 Å². The Bertz CT molecular complexity index is 642. The number of carbonyl (C=O) groups is 4. The van der Waals surface area contributed by atoms with Crippen molar-refractivity contribution in [2.24, 2.45) is 17.4 Å². The lowest BCUT2D eigenvalue weighted by Gasteiger charge is -2.30. The minimum absolute atomic E-state index is 0.112. The van der Waals surface area contributed by atoms with E-state index in [-0.39, 0.29) is 5.92 Å². The maximum Gasteiger partial charge on any atom is 0.328 e. The Kier molecular flexibility index (Phi) is 10.9. The number of nitrogens with two attached hydrogens (primary N) is 2. The third-order valence-corrected chi connectivity index (χ3v) is 5.47. The van der Waals surface area contributed by atoms with Crippen molar-refractivity contribution in [3.05, 3.63) is 0 Å². The van der Waals surface area contributed by atoms with Crippen molar-refractivity contribution < 1.29 is 29.4 Å². The van der Waals surface area contributed by atoms with Crippen molar-refractivity contribution in [2.75, 3.05) is 13.1 Å². The molecular formula is C20H37N5O6. The smallest absolute Gasteiger partial charge is 0.328 e. The average molecular weight is 444 g/mol. The monoisotopic (exact) mass is 443 g/mol. The Labute approximate surface area is 182 Å². The number of likely N-dealkylation sites (tertiary alicyclic amines) is 1. The fraction of sp³-hybridized carbons (Fsp3) is 0.800. The highest BCUT2D eigenvalue weighted by atomic mass is 16.4. The van der Waals surface area contributed by atoms with Gasteiger partial charge in [0.2, 0.25) is 17.7 Å². The highest BCUT2D eigenvalue weighted by Gasteiger charge is 2.39. The first kappa shape index (κ1) is 26.8. The molecule has 11 heteroatoms. The number of nitrogens with one attached hydrogen (secondary N) is 2. The summed E-state index contributed by atoms with van der Waals surface area (Å²) in [5, 5.41) is 23.8. The molecule has 5 atom stereocenters. The van der Waals surface area contributed by atoms with Gasteiger partial charge in [0.25, 0.3) is 0 Å². The molecule has 1 aliphatic rings. The van der Waals surface area contributed by atoms with Gasteiger partial charge in [-0.05, 0) is 51.5 Å². The molecule has 31 heavy (non-hydrogen) atoms. The second-order valence-electron chi connectivity index (χ2n) is 8.37. The summed E-state index contributed by atoms with van der Waals surface area (Å²) in [5.74, 6) is -2.98. The lowest BCUT2D eigenvalue weighted by Crippen LogP contribution is -2.58. The Morgan fingerprint density at radius 2 is 1.77 bits per heavy atom. The molecule has 0 radical (unpaired) electrons. The maximum atomic E-state index is 13.2. The van der Waals surface area contributed by atoms with Crippen LogP contribution in [0.25, 0.3) is 0 Å². The molecule has 1 heterocycles. The van der Waals surface area contributed by atoms with Crippen LogP contribution in [0.5, 0.6) is 0 Å². The van der Waals surface area contributed by atoms with Gasteiger partial charge in [-0.1, -0.05) is 13.8 Å². The van der Waals surface area contributed by atoms with E-state index in [4.69, 9.17) is 11.5 Å². The van der Waals surface area contributed by atoms with Gasteiger partial charge in [0.15, 0.2) is 6.04 Å². The summed E-state index contributed by atoms with van der Waals surface area (Å²) in [6, 6.07) is -3.98. The minimum atomic E-state index is -1.48. The fourth-order valence-electron chi connectivity index (χ4n) is 3.46. The van der Waals surface area contributed by atoms with Gasteiger partial charge in [0.05, 0.1) is 12.1 Å². The van der Waals surface area contributed by atoms with Crippen LogP contribution >= 0.6 is 0 Å². The summed E-state index contributed by atoms with van der Waals surface area (Å²) >= 11 is 0. The molecule has 0 aliphatic carbocycles. The van der Waals surface area contributed by atoms with Gasteiger partial charge < -0.3 is 37.2 Å². The number of nitrogens with zero attached hydrogens (tertiary/aromatic N) is 1. The summed E-state index contributed by atoms with van der Waals surface area (Å²) in [4.78, 5) is 51.0. The molecule has 0 bridgehead atoms. The van der Waals surface area contributed by atoms with Crippen molar-refractivity contribution in [1.29, 1.82) is 0 Å². The summed E-state index contributed by atoms with van der Waals surface area (Å²) in [6.07, 6.45) is 1.26. The lowest BCUT2D eigenvalue weighted by atomic mass is 10.0. The molecule has 1 fully saturated rings. The lowest BCUT2D eigenvalue weighted by molar-refractivity contribution is -0.147. The van der Waals surface area contributed by atoms with E-state index in [2.05, 4.69) is 10.6 Å². The molecule has 0 saturated carbocycles. The van der Waals surface area contributed by atoms with E-state index < -0.39 is 54.0 Å². The molecule has 0 aromatic carbocycles. The van der Waals surface area contributed by atoms with Crippen molar-refractivity contribution >= 4 is 23.7 Å². The third-order valence-electron chi connectivity index (χ3n) is 5.47. The molecule has 0 aromatic heterocycles. The molecule has 5 unspecified atom stereocenters. The number of aliphatic carboxylic acids is 1. The van der Waals surface area contributed by atoms with Crippen molar-refractivity contribution in [1.82, 2.24) is 15.5 Å². The second-order valence-corrected chi connectivity index (χ2v) is 8.37. The van der Waals surface area contributed by atoms with Crippen LogP contribution in [0.4, 0.5) is 0 Å². The van der Waals surface area contributed by atoms with Gasteiger partial charge in [-0.15, -0.1) is 0 Å². The van der Waals surface area contributed by atoms with Crippen LogP contribution in [0.15, 0.2) is 0 Å². The van der Waals surface area contributed by atoms with Gasteiger partial charge in [-0.25, -0.2) is 4.79 Å². The topological polar surface area (TPSA) is 188 Å². The molecule has 0 spiro atoms. The predicted molar refractivity (Wildman–Crippen MR) is 114 cm³/mol. The van der Waals surface area contributed by atoms with E-state index in [0.29, 0.717) is 45.2 Å². The maximum absolute atomic E-state index is 13.2. The molecule has 1 saturated heterocycles. The van der Waals surface area contributed by atoms with Gasteiger partial charge in [-0.2, -0.15) is 0 Å². The Morgan fingerprint density at radius 1 is 1.13 bits per heavy atom. The zero-order valence-corrected chi connectivity index (χ0v) is 18.5. The van der Waals surface area contributed by atoms with Crippen LogP contribution in [0.1, 0.15) is 52.9 Å². The first-order valence-corrected chi connectivity index (χ1v) is 10.8. The first-order chi connectivity index (χ1) is 14.5. The summed E-state index contributed by atoms with van der Waals surface area (Å²) < 4.78 is 0. The van der Waals surface area contributed by atoms with Gasteiger partial charge in [0.1, 0.15) is 12.1 Å². The van der Waals surface area contributed by atoms with E-state index in [1.54, 1.807) is 13.8 Å². The van der Waals surface area contributed by atoms with Crippen LogP contribution in [-0.4, -0.2) is 82.2 Å². The Balaban J connectivity index is 2.95. The zero-order chi connectivity index (χ0) is 23.7. The second kappa shape index (κ2) is 12.6. The normalized spacial score (nSPS) is 20.1. The van der Waals surface area contributed by atoms with Crippen molar-refractivity contribution in [3.8, 4) is 0 Å². The van der Waals surface area contributed by atoms with E-state index in [1.807, 2.05) is 0 Å². The number of carbonyl (C=O) groups excluding carboxylic acids is 3. The SMILES string of the molecule is CC(C)C(N)C(=O)NC(CCCCN)C(=O)N1CCCC1C(=O)NC(C(=O)O)C(C)O. The van der Waals surface area contributed by atoms with Gasteiger partial charge in [0, 0.05) is 6.54 Å². The number of aliphatic hydroxyl groups is 1. The molecule has 178 valence electrons. The minimum Gasteiger partial charge on any atom is -0.480 e. The summed E-state index contributed by atoms with van der Waals surface area (Å²) in [7, 11) is 0. The fourth-order valence-corrected chi connectivity index (χ4v) is 3.46. The molecular weight excluding hydrogens is 406 g/mol. The highest BCUT2D eigenvalue weighted by Crippen LogP contribution is 2.20. The molecule has 1 aliphatic heterocycles. The van der Waals surface area contributed by atoms with Crippen LogP contribution < -0.4 is 22.1 Å². The summed E-state index contributed by atoms with van der Waals surface area (Å²) in [6.45, 7) is 5.63. The number of rotatable bonds is 12. The summed E-state index contributed by atoms with van der Waals surface area (Å²) in [5.41, 5.74) is 11.4. The molecule has 3 amide bonds. The van der Waals surface area contributed by atoms with Gasteiger partial charge in [-0.3, -0.25) is 14.4 Å². The standard InChI is InChI=1S/C20H37N5O6/c1-11(2)15(22)18(28)23-13(7-4-5-9-21)19(29)25-10-6-8-14(25)17(27)24-16(12(3)26)20(30)31/h11-16,26H,4-10,21-22H2,1-3H3,(H,23,28)(H,24,27)(H,30,31). The van der Waals surface area contributed by atoms with E-state index in [0.717, 1.165) is 0 Å². The quantitative estimate of drug-likeness (QED) is 0.197. The predicted octanol–water partition coefficient (Wildman–Crippen LogP) is -1.48. The molecule has 11 nitrogen and oxygen atoms in total. The Hall–Kier alpha value is -2.24. The highest BCUT2D eigenvalue weighted by molar-refractivity contribution is 5.94. The van der Waals surface area contributed by atoms with Crippen molar-refractivity contribution in [3.63, 3.8) is 0 Å². The van der Waals surface area contributed by atoms with Gasteiger partial charge >= 0.3 is 5.97 Å². The number of hydrogen-bond donors (Lipinski definition) is 6. The van der Waals surface area contributed by atoms with Crippen LogP contribution in [-0.2, 0) is 19.2 Å². The first-order valence-electron chi connectivity index (χ1n) is 10.8. The Morgan fingerprint density at radius 3 is 2.29 bits per heavy atom. The number of amides is 3. The number of unbranched alkanes of at least 4 members (excludes halogenated alkanes) is 1. The van der Waals surface area contributed by atoms with Crippen LogP contribution in [0, 0.1) is 5.92 Å². The molecule has 0 aromatic rings. The van der Waals surface area contributed by atoms with E-state index in [1.165, 1.54) is 11.8 Å². The number of carboxylic acids is 1. The van der Waals surface area contributed by atoms with Crippen LogP contribution in [0.2, 0.25) is 0 Å². The molecule has 1 rings (SSSR count). The third kappa shape index (κ3) is 7.75. The van der Waals surface area contributed by atoms with Crippen molar-refractivity contribution in [2.45, 2.75) is 83.1 Å².